The Morgan fingerprint density at radius 3 is 2.68 bits per heavy atom. The minimum absolute atomic E-state index is 0.232. The molecular weight excluding hydrogens is 356 g/mol. The number of rotatable bonds is 8. The van der Waals surface area contributed by atoms with Crippen LogP contribution in [-0.4, -0.2) is 53.3 Å². The molecule has 28 heavy (non-hydrogen) atoms. The van der Waals surface area contributed by atoms with Gasteiger partial charge in [-0.3, -0.25) is 9.89 Å². The fourth-order valence-corrected chi connectivity index (χ4v) is 3.68. The van der Waals surface area contributed by atoms with E-state index < -0.39 is 0 Å². The van der Waals surface area contributed by atoms with Crippen LogP contribution in [0, 0.1) is 0 Å². The number of carbonyl (C=O) groups excluding carboxylic acids is 1. The third kappa shape index (κ3) is 4.82. The molecule has 1 aromatic heterocycles. The van der Waals surface area contributed by atoms with Gasteiger partial charge in [-0.1, -0.05) is 13.0 Å². The summed E-state index contributed by atoms with van der Waals surface area (Å²) in [5.74, 6) is 4.00. The van der Waals surface area contributed by atoms with Crippen molar-refractivity contribution in [2.24, 2.45) is 0 Å². The molecule has 1 aromatic carbocycles. The lowest BCUT2D eigenvalue weighted by atomic mass is 9.95. The van der Waals surface area contributed by atoms with Crippen LogP contribution in [0.4, 0.5) is 0 Å². The van der Waals surface area contributed by atoms with E-state index >= 15 is 0 Å². The summed E-state index contributed by atoms with van der Waals surface area (Å²) in [5, 5.41) is 7.32. The minimum Gasteiger partial charge on any atom is -0.497 e. The van der Waals surface area contributed by atoms with E-state index in [1.165, 1.54) is 0 Å². The predicted molar refractivity (Wildman–Crippen MR) is 107 cm³/mol. The van der Waals surface area contributed by atoms with E-state index in [9.17, 15) is 4.79 Å². The Morgan fingerprint density at radius 2 is 2.04 bits per heavy atom. The molecule has 2 aromatic rings. The van der Waals surface area contributed by atoms with Crippen molar-refractivity contribution in [1.29, 1.82) is 0 Å². The van der Waals surface area contributed by atoms with Crippen LogP contribution in [0.5, 0.6) is 11.5 Å². The molecule has 1 aliphatic rings. The van der Waals surface area contributed by atoms with Crippen LogP contribution in [0.2, 0.25) is 0 Å². The zero-order valence-electron chi connectivity index (χ0n) is 17.0. The number of hydrogen-bond acceptors (Lipinski definition) is 5. The number of nitrogens with one attached hydrogen (secondary N) is 1. The van der Waals surface area contributed by atoms with E-state index in [4.69, 9.17) is 9.47 Å². The predicted octanol–water partition coefficient (Wildman–Crippen LogP) is 3.11. The Labute approximate surface area is 166 Å². The lowest BCUT2D eigenvalue weighted by molar-refractivity contribution is -0.132. The quantitative estimate of drug-likeness (QED) is 0.754. The molecular formula is C21H30N4O3. The number of likely N-dealkylation sites (tertiary alicyclic amines) is 1. The number of amides is 1. The normalized spacial score (nSPS) is 14.9. The molecule has 3 rings (SSSR count). The molecule has 0 saturated carbocycles. The molecule has 152 valence electrons. The number of aromatic nitrogens is 3. The number of benzene rings is 1. The average molecular weight is 386 g/mol. The van der Waals surface area contributed by atoms with Crippen LogP contribution in [0.15, 0.2) is 18.2 Å². The van der Waals surface area contributed by atoms with Gasteiger partial charge in [0.15, 0.2) is 5.82 Å². The number of H-pyrrole nitrogens is 1. The molecule has 0 unspecified atom stereocenters. The maximum Gasteiger partial charge on any atom is 0.222 e. The van der Waals surface area contributed by atoms with E-state index in [1.807, 2.05) is 23.1 Å². The first-order valence-corrected chi connectivity index (χ1v) is 10.0. The largest absolute Gasteiger partial charge is 0.497 e. The van der Waals surface area contributed by atoms with E-state index in [0.29, 0.717) is 12.3 Å². The van der Waals surface area contributed by atoms with E-state index in [2.05, 4.69) is 22.1 Å². The minimum atomic E-state index is 0.232. The molecule has 0 atom stereocenters. The first-order valence-electron chi connectivity index (χ1n) is 10.0. The van der Waals surface area contributed by atoms with Crippen LogP contribution in [0.1, 0.15) is 55.7 Å². The standard InChI is InChI=1S/C21H30N4O3/c1-4-19-22-21(24-23-19)16-10-12-25(13-11-16)20(26)7-5-6-15-8-9-17(27-2)14-18(15)28-3/h8-9,14,16H,4-7,10-13H2,1-3H3,(H,22,23,24). The summed E-state index contributed by atoms with van der Waals surface area (Å²) in [6.45, 7) is 3.63. The fraction of sp³-hybridized carbons (Fsp3) is 0.571. The summed E-state index contributed by atoms with van der Waals surface area (Å²) in [7, 11) is 3.30. The van der Waals surface area contributed by atoms with Crippen LogP contribution < -0.4 is 9.47 Å². The van der Waals surface area contributed by atoms with Crippen molar-refractivity contribution in [2.45, 2.75) is 51.4 Å². The fourth-order valence-electron chi connectivity index (χ4n) is 3.68. The van der Waals surface area contributed by atoms with Gasteiger partial charge in [0.25, 0.3) is 0 Å². The maximum atomic E-state index is 12.6. The Morgan fingerprint density at radius 1 is 1.25 bits per heavy atom. The zero-order chi connectivity index (χ0) is 19.9. The summed E-state index contributed by atoms with van der Waals surface area (Å²) in [6.07, 6.45) is 4.90. The Hall–Kier alpha value is -2.57. The van der Waals surface area contributed by atoms with Crippen molar-refractivity contribution in [1.82, 2.24) is 20.1 Å². The Kier molecular flexibility index (Phi) is 6.90. The highest BCUT2D eigenvalue weighted by molar-refractivity contribution is 5.76. The summed E-state index contributed by atoms with van der Waals surface area (Å²) in [5.41, 5.74) is 1.10. The van der Waals surface area contributed by atoms with Gasteiger partial charge in [-0.05, 0) is 37.3 Å². The van der Waals surface area contributed by atoms with Crippen molar-refractivity contribution >= 4 is 5.91 Å². The smallest absolute Gasteiger partial charge is 0.222 e. The molecule has 0 radical (unpaired) electrons. The van der Waals surface area contributed by atoms with Gasteiger partial charge in [-0.25, -0.2) is 4.98 Å². The summed E-state index contributed by atoms with van der Waals surface area (Å²) >= 11 is 0. The molecule has 1 amide bonds. The van der Waals surface area contributed by atoms with Gasteiger partial charge in [0.1, 0.15) is 17.3 Å². The van der Waals surface area contributed by atoms with Gasteiger partial charge in [0, 0.05) is 37.9 Å². The number of nitrogens with zero attached hydrogens (tertiary/aromatic N) is 3. The zero-order valence-corrected chi connectivity index (χ0v) is 17.0. The van der Waals surface area contributed by atoms with Crippen LogP contribution >= 0.6 is 0 Å². The molecule has 2 heterocycles. The molecule has 1 saturated heterocycles. The molecule has 0 spiro atoms. The van der Waals surface area contributed by atoms with E-state index in [1.54, 1.807) is 14.2 Å². The number of aryl methyl sites for hydroxylation is 2. The first kappa shape index (κ1) is 20.2. The summed E-state index contributed by atoms with van der Waals surface area (Å²) in [4.78, 5) is 19.1. The van der Waals surface area contributed by atoms with Crippen LogP contribution in [-0.2, 0) is 17.6 Å². The summed E-state index contributed by atoms with van der Waals surface area (Å²) < 4.78 is 10.7. The molecule has 7 heteroatoms. The highest BCUT2D eigenvalue weighted by Gasteiger charge is 2.26. The second-order valence-electron chi connectivity index (χ2n) is 7.18. The van der Waals surface area contributed by atoms with Crippen molar-refractivity contribution in [2.75, 3.05) is 27.3 Å². The van der Waals surface area contributed by atoms with Crippen LogP contribution in [0.3, 0.4) is 0 Å². The lowest BCUT2D eigenvalue weighted by Gasteiger charge is -2.31. The van der Waals surface area contributed by atoms with Crippen molar-refractivity contribution < 1.29 is 14.3 Å². The highest BCUT2D eigenvalue weighted by Crippen LogP contribution is 2.27. The molecule has 1 N–H and O–H groups in total. The van der Waals surface area contributed by atoms with Crippen molar-refractivity contribution in [3.8, 4) is 11.5 Å². The monoisotopic (exact) mass is 386 g/mol. The van der Waals surface area contributed by atoms with Gasteiger partial charge in [-0.2, -0.15) is 5.10 Å². The van der Waals surface area contributed by atoms with Crippen LogP contribution in [0.25, 0.3) is 0 Å². The number of carbonyl (C=O) groups is 1. The number of piperidine rings is 1. The molecule has 1 aliphatic heterocycles. The van der Waals surface area contributed by atoms with Gasteiger partial charge < -0.3 is 14.4 Å². The third-order valence-corrected chi connectivity index (χ3v) is 5.43. The Bertz CT molecular complexity index is 782. The van der Waals surface area contributed by atoms with Gasteiger partial charge >= 0.3 is 0 Å². The average Bonchev–Trinajstić information content (AvgIpc) is 3.23. The number of methoxy groups -OCH3 is 2. The second kappa shape index (κ2) is 9.57. The highest BCUT2D eigenvalue weighted by atomic mass is 16.5. The maximum absolute atomic E-state index is 12.6. The molecule has 0 aliphatic carbocycles. The second-order valence-corrected chi connectivity index (χ2v) is 7.18. The van der Waals surface area contributed by atoms with Gasteiger partial charge in [0.2, 0.25) is 5.91 Å². The molecule has 7 nitrogen and oxygen atoms in total. The molecule has 1 fully saturated rings. The van der Waals surface area contributed by atoms with Gasteiger partial charge in [0.05, 0.1) is 14.2 Å². The van der Waals surface area contributed by atoms with E-state index in [0.717, 1.165) is 73.9 Å². The van der Waals surface area contributed by atoms with E-state index in [-0.39, 0.29) is 5.91 Å². The van der Waals surface area contributed by atoms with Crippen molar-refractivity contribution in [3.05, 3.63) is 35.4 Å². The Balaban J connectivity index is 1.45. The number of aromatic amines is 1. The summed E-state index contributed by atoms with van der Waals surface area (Å²) in [6, 6.07) is 5.82. The first-order chi connectivity index (χ1) is 13.6. The SMILES string of the molecule is CCc1nc(C2CCN(C(=O)CCCc3ccc(OC)cc3OC)CC2)n[nH]1. The number of hydrogen-bond donors (Lipinski definition) is 1. The molecule has 0 bridgehead atoms. The topological polar surface area (TPSA) is 80.3 Å². The third-order valence-electron chi connectivity index (χ3n) is 5.43. The van der Waals surface area contributed by atoms with Gasteiger partial charge in [-0.15, -0.1) is 0 Å². The van der Waals surface area contributed by atoms with Crippen molar-refractivity contribution in [3.63, 3.8) is 0 Å². The number of ether oxygens (including phenoxy) is 2. The lowest BCUT2D eigenvalue weighted by Crippen LogP contribution is -2.38.